The lowest BCUT2D eigenvalue weighted by atomic mass is 10.1. The monoisotopic (exact) mass is 463 g/mol. The predicted molar refractivity (Wildman–Crippen MR) is 135 cm³/mol. The normalized spacial score (nSPS) is 17.3. The Morgan fingerprint density at radius 2 is 1.82 bits per heavy atom. The first-order valence-electron chi connectivity index (χ1n) is 11.6. The number of benzene rings is 2. The van der Waals surface area contributed by atoms with Crippen molar-refractivity contribution in [2.45, 2.75) is 62.6 Å². The maximum atomic E-state index is 13.5. The van der Waals surface area contributed by atoms with Gasteiger partial charge in [0.05, 0.1) is 17.8 Å². The molecule has 0 spiro atoms. The third-order valence-corrected chi connectivity index (χ3v) is 7.38. The van der Waals surface area contributed by atoms with Gasteiger partial charge in [0.15, 0.2) is 11.0 Å². The number of hydrogen-bond acceptors (Lipinski definition) is 5. The Balaban J connectivity index is 1.62. The van der Waals surface area contributed by atoms with Crippen LogP contribution in [0.4, 0.5) is 5.69 Å². The Kier molecular flexibility index (Phi) is 7.20. The molecule has 0 N–H and O–H groups in total. The lowest BCUT2D eigenvalue weighted by Crippen LogP contribution is -2.40. The van der Waals surface area contributed by atoms with E-state index in [0.29, 0.717) is 6.54 Å². The topological polar surface area (TPSA) is 54.3 Å². The van der Waals surface area contributed by atoms with Gasteiger partial charge < -0.3 is 9.47 Å². The molecule has 1 aliphatic heterocycles. The Labute approximate surface area is 201 Å². The molecule has 2 heterocycles. The van der Waals surface area contributed by atoms with Gasteiger partial charge in [0.25, 0.3) is 0 Å². The zero-order chi connectivity index (χ0) is 23.5. The number of carbonyl (C=O) groups is 1. The molecule has 2 aromatic carbocycles. The molecular weight excluding hydrogens is 430 g/mol. The fourth-order valence-electron chi connectivity index (χ4n) is 4.63. The smallest absolute Gasteiger partial charge is 0.240 e. The lowest BCUT2D eigenvalue weighted by molar-refractivity contribution is -0.118. The molecule has 0 bridgehead atoms. The number of anilines is 1. The van der Waals surface area contributed by atoms with E-state index in [2.05, 4.69) is 65.8 Å². The van der Waals surface area contributed by atoms with Crippen LogP contribution >= 0.6 is 11.8 Å². The molecule has 0 saturated carbocycles. The van der Waals surface area contributed by atoms with Crippen molar-refractivity contribution in [1.29, 1.82) is 0 Å². The Bertz CT molecular complexity index is 1100. The van der Waals surface area contributed by atoms with Gasteiger partial charge in [-0.05, 0) is 58.0 Å². The molecule has 3 aromatic rings. The number of nitrogens with zero attached hydrogens (tertiary/aromatic N) is 5. The number of fused-ring (bicyclic) bond motifs is 1. The van der Waals surface area contributed by atoms with Crippen molar-refractivity contribution in [2.75, 3.05) is 19.0 Å². The number of hydrogen-bond donors (Lipinski definition) is 0. The van der Waals surface area contributed by atoms with Crippen molar-refractivity contribution in [3.8, 4) is 0 Å². The van der Waals surface area contributed by atoms with E-state index in [4.69, 9.17) is 0 Å². The standard InChI is InChI=1S/C26H33N5OS/c1-6-22(29(4)5)24-27-28-26(30(24)17-20-12-8-7-9-13-20)33-19(3)25(32)31-18(2)16-21-14-10-11-15-23(21)31/h7-15,18-19,22H,6,16-17H2,1-5H3/t18-,19+,22-/m1/s1. The second kappa shape index (κ2) is 10.1. The van der Waals surface area contributed by atoms with E-state index in [-0.39, 0.29) is 23.2 Å². The van der Waals surface area contributed by atoms with Gasteiger partial charge in [0, 0.05) is 11.7 Å². The van der Waals surface area contributed by atoms with Crippen LogP contribution in [0.15, 0.2) is 59.8 Å². The fourth-order valence-corrected chi connectivity index (χ4v) is 5.54. The molecular formula is C26H33N5OS. The minimum atomic E-state index is -0.274. The van der Waals surface area contributed by atoms with Gasteiger partial charge in [-0.15, -0.1) is 10.2 Å². The fraction of sp³-hybridized carbons (Fsp3) is 0.423. The van der Waals surface area contributed by atoms with Crippen LogP contribution in [0.3, 0.4) is 0 Å². The molecule has 1 aliphatic rings. The van der Waals surface area contributed by atoms with Gasteiger partial charge in [0.2, 0.25) is 5.91 Å². The number of thioether (sulfide) groups is 1. The van der Waals surface area contributed by atoms with Gasteiger partial charge in [-0.3, -0.25) is 9.69 Å². The van der Waals surface area contributed by atoms with Crippen molar-refractivity contribution >= 4 is 23.4 Å². The molecule has 1 aromatic heterocycles. The van der Waals surface area contributed by atoms with Crippen LogP contribution in [-0.2, 0) is 17.8 Å². The summed E-state index contributed by atoms with van der Waals surface area (Å²) < 4.78 is 2.18. The third-order valence-electron chi connectivity index (χ3n) is 6.31. The van der Waals surface area contributed by atoms with Crippen LogP contribution in [0.5, 0.6) is 0 Å². The minimum absolute atomic E-state index is 0.118. The van der Waals surface area contributed by atoms with E-state index in [1.165, 1.54) is 22.9 Å². The average Bonchev–Trinajstić information content (AvgIpc) is 3.34. The number of aromatic nitrogens is 3. The molecule has 0 radical (unpaired) electrons. The first-order valence-corrected chi connectivity index (χ1v) is 12.5. The zero-order valence-electron chi connectivity index (χ0n) is 20.1. The van der Waals surface area contributed by atoms with Crippen LogP contribution in [0, 0.1) is 0 Å². The van der Waals surface area contributed by atoms with Crippen LogP contribution in [0.2, 0.25) is 0 Å². The highest BCUT2D eigenvalue weighted by molar-refractivity contribution is 8.00. The number of amides is 1. The van der Waals surface area contributed by atoms with Crippen molar-refractivity contribution < 1.29 is 4.79 Å². The Hall–Kier alpha value is -2.64. The van der Waals surface area contributed by atoms with Gasteiger partial charge in [0.1, 0.15) is 0 Å². The molecule has 7 heteroatoms. The Morgan fingerprint density at radius 3 is 2.52 bits per heavy atom. The highest BCUT2D eigenvalue weighted by atomic mass is 32.2. The summed E-state index contributed by atoms with van der Waals surface area (Å²) in [6.07, 6.45) is 1.83. The van der Waals surface area contributed by atoms with E-state index in [1.807, 2.05) is 48.2 Å². The molecule has 0 fully saturated rings. The summed E-state index contributed by atoms with van der Waals surface area (Å²) in [7, 11) is 4.14. The summed E-state index contributed by atoms with van der Waals surface area (Å²) in [6, 6.07) is 18.9. The molecule has 6 nitrogen and oxygen atoms in total. The predicted octanol–water partition coefficient (Wildman–Crippen LogP) is 4.80. The number of rotatable bonds is 8. The number of carbonyl (C=O) groups excluding carboxylic acids is 1. The molecule has 33 heavy (non-hydrogen) atoms. The van der Waals surface area contributed by atoms with E-state index >= 15 is 0 Å². The molecule has 0 saturated heterocycles. The third kappa shape index (κ3) is 4.84. The second-order valence-electron chi connectivity index (χ2n) is 8.95. The van der Waals surface area contributed by atoms with Crippen LogP contribution in [0.1, 0.15) is 50.2 Å². The average molecular weight is 464 g/mol. The summed E-state index contributed by atoms with van der Waals surface area (Å²) in [6.45, 7) is 6.94. The van der Waals surface area contributed by atoms with Crippen molar-refractivity contribution in [3.05, 3.63) is 71.5 Å². The van der Waals surface area contributed by atoms with Crippen LogP contribution < -0.4 is 4.90 Å². The van der Waals surface area contributed by atoms with Crippen molar-refractivity contribution in [3.63, 3.8) is 0 Å². The molecule has 0 aliphatic carbocycles. The largest absolute Gasteiger partial charge is 0.308 e. The highest BCUT2D eigenvalue weighted by Gasteiger charge is 2.34. The summed E-state index contributed by atoms with van der Waals surface area (Å²) >= 11 is 1.50. The molecule has 0 unspecified atom stereocenters. The van der Waals surface area contributed by atoms with Gasteiger partial charge in [-0.1, -0.05) is 67.2 Å². The molecule has 3 atom stereocenters. The first-order chi connectivity index (χ1) is 15.9. The van der Waals surface area contributed by atoms with Crippen molar-refractivity contribution in [1.82, 2.24) is 19.7 Å². The van der Waals surface area contributed by atoms with Crippen LogP contribution in [-0.4, -0.2) is 51.0 Å². The summed E-state index contributed by atoms with van der Waals surface area (Å²) in [5, 5.41) is 9.66. The van der Waals surface area contributed by atoms with Crippen LogP contribution in [0.25, 0.3) is 0 Å². The second-order valence-corrected chi connectivity index (χ2v) is 10.3. The van der Waals surface area contributed by atoms with E-state index in [1.54, 1.807) is 0 Å². The van der Waals surface area contributed by atoms with Gasteiger partial charge >= 0.3 is 0 Å². The molecule has 4 rings (SSSR count). The van der Waals surface area contributed by atoms with E-state index in [9.17, 15) is 4.79 Å². The SMILES string of the molecule is CC[C@H](c1nnc(S[C@@H](C)C(=O)N2c3ccccc3C[C@H]2C)n1Cc1ccccc1)N(C)C. The van der Waals surface area contributed by atoms with E-state index < -0.39 is 0 Å². The number of para-hydroxylation sites is 1. The van der Waals surface area contributed by atoms with E-state index in [0.717, 1.165) is 29.5 Å². The highest BCUT2D eigenvalue weighted by Crippen LogP contribution is 2.35. The maximum absolute atomic E-state index is 13.5. The summed E-state index contributed by atoms with van der Waals surface area (Å²) in [5.74, 6) is 1.06. The van der Waals surface area contributed by atoms with Crippen molar-refractivity contribution in [2.24, 2.45) is 0 Å². The quantitative estimate of drug-likeness (QED) is 0.449. The molecule has 174 valence electrons. The summed E-state index contributed by atoms with van der Waals surface area (Å²) in [5.41, 5.74) is 3.46. The van der Waals surface area contributed by atoms with Gasteiger partial charge in [-0.2, -0.15) is 0 Å². The zero-order valence-corrected chi connectivity index (χ0v) is 20.9. The Morgan fingerprint density at radius 1 is 1.12 bits per heavy atom. The first kappa shape index (κ1) is 23.5. The minimum Gasteiger partial charge on any atom is -0.308 e. The van der Waals surface area contributed by atoms with Gasteiger partial charge in [-0.25, -0.2) is 0 Å². The molecule has 1 amide bonds. The maximum Gasteiger partial charge on any atom is 0.240 e. The lowest BCUT2D eigenvalue weighted by Gasteiger charge is -2.26. The summed E-state index contributed by atoms with van der Waals surface area (Å²) in [4.78, 5) is 17.7.